The predicted molar refractivity (Wildman–Crippen MR) is 69.6 cm³/mol. The third-order valence-electron chi connectivity index (χ3n) is 2.77. The van der Waals surface area contributed by atoms with Crippen molar-refractivity contribution in [3.8, 4) is 0 Å². The topological polar surface area (TPSA) is 71.3 Å². The molecule has 5 nitrogen and oxygen atoms in total. The molecule has 0 aliphatic heterocycles. The third-order valence-corrected chi connectivity index (χ3v) is 2.77. The second-order valence-corrected chi connectivity index (χ2v) is 4.23. The minimum Gasteiger partial charge on any atom is -0.477 e. The molecular weight excluding hydrogens is 263 g/mol. The van der Waals surface area contributed by atoms with Gasteiger partial charge in [0, 0.05) is 12.7 Å². The second-order valence-electron chi connectivity index (χ2n) is 4.23. The van der Waals surface area contributed by atoms with Gasteiger partial charge in [-0.1, -0.05) is 12.1 Å². The SMILES string of the molecule is O=C(Cn1cccc1C(=O)O)NCc1ccc(F)cc1. The van der Waals surface area contributed by atoms with Gasteiger partial charge >= 0.3 is 5.97 Å². The van der Waals surface area contributed by atoms with Gasteiger partial charge in [0.15, 0.2) is 0 Å². The lowest BCUT2D eigenvalue weighted by Crippen LogP contribution is -2.28. The molecule has 0 aliphatic carbocycles. The van der Waals surface area contributed by atoms with Crippen LogP contribution in [0.4, 0.5) is 4.39 Å². The zero-order valence-corrected chi connectivity index (χ0v) is 10.5. The molecule has 0 unspecified atom stereocenters. The van der Waals surface area contributed by atoms with E-state index in [2.05, 4.69) is 5.32 Å². The van der Waals surface area contributed by atoms with Crippen molar-refractivity contribution in [2.45, 2.75) is 13.1 Å². The Bertz CT molecular complexity index is 620. The van der Waals surface area contributed by atoms with E-state index < -0.39 is 5.97 Å². The number of carboxylic acid groups (broad SMARTS) is 1. The smallest absolute Gasteiger partial charge is 0.352 e. The number of rotatable bonds is 5. The molecule has 0 aliphatic rings. The fourth-order valence-electron chi connectivity index (χ4n) is 1.76. The van der Waals surface area contributed by atoms with Crippen molar-refractivity contribution in [3.63, 3.8) is 0 Å². The van der Waals surface area contributed by atoms with Crippen LogP contribution >= 0.6 is 0 Å². The maximum atomic E-state index is 12.7. The van der Waals surface area contributed by atoms with Crippen molar-refractivity contribution in [2.24, 2.45) is 0 Å². The number of amides is 1. The number of carbonyl (C=O) groups is 2. The lowest BCUT2D eigenvalue weighted by Gasteiger charge is -2.08. The highest BCUT2D eigenvalue weighted by molar-refractivity contribution is 5.86. The van der Waals surface area contributed by atoms with Gasteiger partial charge in [0.1, 0.15) is 18.1 Å². The Labute approximate surface area is 114 Å². The number of hydrogen-bond donors (Lipinski definition) is 2. The molecule has 2 aromatic rings. The van der Waals surface area contributed by atoms with Gasteiger partial charge < -0.3 is 15.0 Å². The van der Waals surface area contributed by atoms with Crippen LogP contribution in [0.5, 0.6) is 0 Å². The quantitative estimate of drug-likeness (QED) is 0.872. The monoisotopic (exact) mass is 276 g/mol. The molecule has 20 heavy (non-hydrogen) atoms. The van der Waals surface area contributed by atoms with Gasteiger partial charge in [-0.25, -0.2) is 9.18 Å². The maximum Gasteiger partial charge on any atom is 0.352 e. The average Bonchev–Trinajstić information content (AvgIpc) is 2.86. The van der Waals surface area contributed by atoms with Crippen molar-refractivity contribution >= 4 is 11.9 Å². The van der Waals surface area contributed by atoms with Crippen LogP contribution in [-0.4, -0.2) is 21.6 Å². The van der Waals surface area contributed by atoms with Crippen LogP contribution in [0.2, 0.25) is 0 Å². The summed E-state index contributed by atoms with van der Waals surface area (Å²) in [6.07, 6.45) is 1.53. The summed E-state index contributed by atoms with van der Waals surface area (Å²) in [6.45, 7) is 0.193. The summed E-state index contributed by atoms with van der Waals surface area (Å²) in [7, 11) is 0. The van der Waals surface area contributed by atoms with E-state index in [9.17, 15) is 14.0 Å². The van der Waals surface area contributed by atoms with Crippen molar-refractivity contribution < 1.29 is 19.1 Å². The van der Waals surface area contributed by atoms with Crippen molar-refractivity contribution in [1.29, 1.82) is 0 Å². The molecular formula is C14H13FN2O3. The van der Waals surface area contributed by atoms with Crippen LogP contribution in [0.25, 0.3) is 0 Å². The lowest BCUT2D eigenvalue weighted by atomic mass is 10.2. The molecule has 0 fully saturated rings. The van der Waals surface area contributed by atoms with E-state index in [1.807, 2.05) is 0 Å². The summed E-state index contributed by atoms with van der Waals surface area (Å²) < 4.78 is 14.1. The third kappa shape index (κ3) is 3.44. The molecule has 0 bridgehead atoms. The Hall–Kier alpha value is -2.63. The fraction of sp³-hybridized carbons (Fsp3) is 0.143. The van der Waals surface area contributed by atoms with Crippen molar-refractivity contribution in [2.75, 3.05) is 0 Å². The summed E-state index contributed by atoms with van der Waals surface area (Å²) in [5.41, 5.74) is 0.827. The Morgan fingerprint density at radius 1 is 1.20 bits per heavy atom. The first-order chi connectivity index (χ1) is 9.56. The minimum absolute atomic E-state index is 0.0573. The van der Waals surface area contributed by atoms with E-state index in [0.29, 0.717) is 0 Å². The summed E-state index contributed by atoms with van der Waals surface area (Å²) in [5.74, 6) is -1.73. The van der Waals surface area contributed by atoms with Gasteiger partial charge in [-0.05, 0) is 29.8 Å². The molecule has 1 aromatic heterocycles. The molecule has 2 rings (SSSR count). The van der Waals surface area contributed by atoms with Crippen LogP contribution < -0.4 is 5.32 Å². The van der Waals surface area contributed by atoms with Gasteiger partial charge in [0.25, 0.3) is 0 Å². The first-order valence-corrected chi connectivity index (χ1v) is 5.96. The number of carboxylic acids is 1. The first-order valence-electron chi connectivity index (χ1n) is 5.96. The maximum absolute atomic E-state index is 12.7. The van der Waals surface area contributed by atoms with Crippen LogP contribution in [0, 0.1) is 5.82 Å². The molecule has 0 radical (unpaired) electrons. The average molecular weight is 276 g/mol. The number of nitrogens with zero attached hydrogens (tertiary/aromatic N) is 1. The van der Waals surface area contributed by atoms with Gasteiger partial charge in [-0.3, -0.25) is 4.79 Å². The Morgan fingerprint density at radius 3 is 2.55 bits per heavy atom. The minimum atomic E-state index is -1.08. The molecule has 0 saturated carbocycles. The summed E-state index contributed by atoms with van der Waals surface area (Å²) in [6, 6.07) is 8.78. The van der Waals surface area contributed by atoms with Gasteiger partial charge in [0.05, 0.1) is 0 Å². The van der Waals surface area contributed by atoms with E-state index in [-0.39, 0.29) is 30.5 Å². The molecule has 1 heterocycles. The molecule has 0 saturated heterocycles. The number of benzene rings is 1. The molecule has 2 N–H and O–H groups in total. The highest BCUT2D eigenvalue weighted by atomic mass is 19.1. The number of halogens is 1. The molecule has 1 aromatic carbocycles. The number of carbonyl (C=O) groups excluding carboxylic acids is 1. The van der Waals surface area contributed by atoms with Crippen molar-refractivity contribution in [1.82, 2.24) is 9.88 Å². The molecule has 0 spiro atoms. The summed E-state index contributed by atoms with van der Waals surface area (Å²) >= 11 is 0. The molecule has 104 valence electrons. The molecule has 6 heteroatoms. The Balaban J connectivity index is 1.91. The highest BCUT2D eigenvalue weighted by Gasteiger charge is 2.11. The number of hydrogen-bond acceptors (Lipinski definition) is 2. The molecule has 1 amide bonds. The highest BCUT2D eigenvalue weighted by Crippen LogP contribution is 2.04. The lowest BCUT2D eigenvalue weighted by molar-refractivity contribution is -0.121. The summed E-state index contributed by atoms with van der Waals surface area (Å²) in [4.78, 5) is 22.6. The van der Waals surface area contributed by atoms with E-state index in [1.54, 1.807) is 18.2 Å². The predicted octanol–water partition coefficient (Wildman–Crippen LogP) is 1.64. The number of aromatic carboxylic acids is 1. The second kappa shape index (κ2) is 6.01. The zero-order chi connectivity index (χ0) is 14.5. The Kier molecular flexibility index (Phi) is 4.14. The van der Waals surface area contributed by atoms with Gasteiger partial charge in [-0.2, -0.15) is 0 Å². The largest absolute Gasteiger partial charge is 0.477 e. The first kappa shape index (κ1) is 13.8. The van der Waals surface area contributed by atoms with Crippen LogP contribution in [0.15, 0.2) is 42.6 Å². The van der Waals surface area contributed by atoms with Crippen LogP contribution in [0.1, 0.15) is 16.1 Å². The zero-order valence-electron chi connectivity index (χ0n) is 10.5. The normalized spacial score (nSPS) is 10.2. The Morgan fingerprint density at radius 2 is 1.90 bits per heavy atom. The van der Waals surface area contributed by atoms with E-state index >= 15 is 0 Å². The van der Waals surface area contributed by atoms with Crippen LogP contribution in [-0.2, 0) is 17.9 Å². The van der Waals surface area contributed by atoms with E-state index in [0.717, 1.165) is 5.56 Å². The number of nitrogens with one attached hydrogen (secondary N) is 1. The van der Waals surface area contributed by atoms with Crippen molar-refractivity contribution in [3.05, 3.63) is 59.7 Å². The molecule has 0 atom stereocenters. The fourth-order valence-corrected chi connectivity index (χ4v) is 1.76. The van der Waals surface area contributed by atoms with E-state index in [1.165, 1.54) is 29.0 Å². The van der Waals surface area contributed by atoms with Crippen LogP contribution in [0.3, 0.4) is 0 Å². The van der Waals surface area contributed by atoms with Gasteiger partial charge in [0.2, 0.25) is 5.91 Å². The van der Waals surface area contributed by atoms with E-state index in [4.69, 9.17) is 5.11 Å². The standard InChI is InChI=1S/C14H13FN2O3/c15-11-5-3-10(4-6-11)8-16-13(18)9-17-7-1-2-12(17)14(19)20/h1-7H,8-9H2,(H,16,18)(H,19,20). The van der Waals surface area contributed by atoms with Gasteiger partial charge in [-0.15, -0.1) is 0 Å². The summed E-state index contributed by atoms with van der Waals surface area (Å²) in [5, 5.41) is 11.6. The number of aromatic nitrogens is 1.